The van der Waals surface area contributed by atoms with E-state index in [-0.39, 0.29) is 7.43 Å². The van der Waals surface area contributed by atoms with E-state index in [2.05, 4.69) is 6.92 Å². The van der Waals surface area contributed by atoms with Crippen LogP contribution in [0.1, 0.15) is 38.3 Å². The third kappa shape index (κ3) is 3.49. The first-order valence-corrected chi connectivity index (χ1v) is 4.52. The van der Waals surface area contributed by atoms with Gasteiger partial charge in [0.05, 0.1) is 0 Å². The van der Waals surface area contributed by atoms with Crippen molar-refractivity contribution in [2.45, 2.75) is 40.5 Å². The van der Waals surface area contributed by atoms with E-state index in [4.69, 9.17) is 0 Å². The molecule has 0 atom stereocenters. The van der Waals surface area contributed by atoms with Crippen molar-refractivity contribution < 1.29 is 5.11 Å². The second-order valence-electron chi connectivity index (χ2n) is 3.24. The molecule has 13 heavy (non-hydrogen) atoms. The maximum Gasteiger partial charge on any atom is 0.119 e. The van der Waals surface area contributed by atoms with Crippen molar-refractivity contribution in [1.29, 1.82) is 0 Å². The zero-order chi connectivity index (χ0) is 8.97. The fraction of sp³-hybridized carbons (Fsp3) is 0.500. The van der Waals surface area contributed by atoms with Gasteiger partial charge in [0.15, 0.2) is 0 Å². The van der Waals surface area contributed by atoms with Gasteiger partial charge in [-0.15, -0.1) is 0 Å². The highest BCUT2D eigenvalue weighted by molar-refractivity contribution is 5.35. The van der Waals surface area contributed by atoms with Crippen molar-refractivity contribution in [3.8, 4) is 5.75 Å². The molecule has 0 heterocycles. The van der Waals surface area contributed by atoms with Gasteiger partial charge in [0.25, 0.3) is 0 Å². The lowest BCUT2D eigenvalue weighted by Crippen LogP contribution is -1.85. The number of rotatable bonds is 3. The average Bonchev–Trinajstić information content (AvgIpc) is 2.03. The maximum absolute atomic E-state index is 9.52. The van der Waals surface area contributed by atoms with Crippen molar-refractivity contribution >= 4 is 0 Å². The fourth-order valence-electron chi connectivity index (χ4n) is 1.25. The predicted octanol–water partition coefficient (Wildman–Crippen LogP) is 3.68. The zero-order valence-corrected chi connectivity index (χ0v) is 7.80. The monoisotopic (exact) mass is 180 g/mol. The van der Waals surface area contributed by atoms with Crippen molar-refractivity contribution in [2.24, 2.45) is 0 Å². The minimum atomic E-state index is 0. The first kappa shape index (κ1) is 12.0. The third-order valence-electron chi connectivity index (χ3n) is 2.04. The zero-order valence-electron chi connectivity index (χ0n) is 7.80. The molecule has 0 aromatic heterocycles. The van der Waals surface area contributed by atoms with Crippen LogP contribution in [-0.4, -0.2) is 5.11 Å². The van der Waals surface area contributed by atoms with Crippen LogP contribution in [0.25, 0.3) is 0 Å². The van der Waals surface area contributed by atoms with Crippen LogP contribution < -0.4 is 0 Å². The molecule has 0 saturated carbocycles. The van der Waals surface area contributed by atoms with E-state index in [1.807, 2.05) is 25.1 Å². The van der Waals surface area contributed by atoms with E-state index >= 15 is 0 Å². The van der Waals surface area contributed by atoms with E-state index in [1.54, 1.807) is 0 Å². The molecule has 1 aromatic rings. The Kier molecular flexibility index (Phi) is 5.20. The van der Waals surface area contributed by atoms with Crippen LogP contribution in [0.15, 0.2) is 18.2 Å². The van der Waals surface area contributed by atoms with Gasteiger partial charge in [-0.3, -0.25) is 0 Å². The molecule has 0 saturated heterocycles. The van der Waals surface area contributed by atoms with Crippen LogP contribution >= 0.6 is 0 Å². The summed E-state index contributed by atoms with van der Waals surface area (Å²) in [7, 11) is 0. The van der Waals surface area contributed by atoms with E-state index in [9.17, 15) is 5.11 Å². The molecule has 1 heteroatoms. The van der Waals surface area contributed by atoms with Crippen molar-refractivity contribution in [3.05, 3.63) is 29.3 Å². The molecule has 1 N–H and O–H groups in total. The van der Waals surface area contributed by atoms with E-state index in [1.165, 1.54) is 6.42 Å². The summed E-state index contributed by atoms with van der Waals surface area (Å²) in [6, 6.07) is 5.88. The molecule has 74 valence electrons. The second kappa shape index (κ2) is 5.63. The minimum Gasteiger partial charge on any atom is -0.508 e. The van der Waals surface area contributed by atoms with Gasteiger partial charge in [-0.1, -0.05) is 32.9 Å². The maximum atomic E-state index is 9.52. The average molecular weight is 180 g/mol. The molecular weight excluding hydrogens is 160 g/mol. The lowest BCUT2D eigenvalue weighted by atomic mass is 10.1. The molecule has 1 aromatic carbocycles. The Labute approximate surface area is 81.4 Å². The summed E-state index contributed by atoms with van der Waals surface area (Å²) in [5.41, 5.74) is 2.19. The Morgan fingerprint density at radius 1 is 1.31 bits per heavy atom. The molecule has 0 aliphatic heterocycles. The lowest BCUT2D eigenvalue weighted by Gasteiger charge is -2.03. The predicted molar refractivity (Wildman–Crippen MR) is 58.2 cm³/mol. The standard InChI is InChI=1S/C11H16O.CH4/c1-3-4-5-10-7-6-9(2)8-11(10)12;/h6-8,12H,3-5H2,1-2H3;1H4. The largest absolute Gasteiger partial charge is 0.508 e. The van der Waals surface area contributed by atoms with Gasteiger partial charge in [0.1, 0.15) is 5.75 Å². The lowest BCUT2D eigenvalue weighted by molar-refractivity contribution is 0.466. The number of hydrogen-bond acceptors (Lipinski definition) is 1. The first-order chi connectivity index (χ1) is 5.74. The number of benzene rings is 1. The highest BCUT2D eigenvalue weighted by Crippen LogP contribution is 2.20. The Hall–Kier alpha value is -0.980. The smallest absolute Gasteiger partial charge is 0.119 e. The number of phenolic OH excluding ortho intramolecular Hbond substituents is 1. The minimum absolute atomic E-state index is 0. The molecule has 1 rings (SSSR count). The number of aryl methyl sites for hydroxylation is 2. The highest BCUT2D eigenvalue weighted by atomic mass is 16.3. The van der Waals surface area contributed by atoms with Gasteiger partial charge in [-0.25, -0.2) is 0 Å². The summed E-state index contributed by atoms with van der Waals surface area (Å²) in [6.07, 6.45) is 3.31. The molecule has 0 fully saturated rings. The summed E-state index contributed by atoms with van der Waals surface area (Å²) in [6.45, 7) is 4.15. The van der Waals surface area contributed by atoms with Crippen LogP contribution in [0.2, 0.25) is 0 Å². The van der Waals surface area contributed by atoms with Crippen LogP contribution in [0, 0.1) is 6.92 Å². The highest BCUT2D eigenvalue weighted by Gasteiger charge is 1.99. The van der Waals surface area contributed by atoms with E-state index in [0.717, 1.165) is 24.0 Å². The fourth-order valence-corrected chi connectivity index (χ4v) is 1.25. The first-order valence-electron chi connectivity index (χ1n) is 4.52. The van der Waals surface area contributed by atoms with Crippen LogP contribution in [0.4, 0.5) is 0 Å². The van der Waals surface area contributed by atoms with Gasteiger partial charge in [-0.2, -0.15) is 0 Å². The molecule has 0 unspecified atom stereocenters. The van der Waals surface area contributed by atoms with E-state index in [0.29, 0.717) is 5.75 Å². The van der Waals surface area contributed by atoms with Gasteiger partial charge in [0.2, 0.25) is 0 Å². The molecule has 0 aliphatic carbocycles. The SMILES string of the molecule is C.CCCCc1ccc(C)cc1O. The molecule has 0 amide bonds. The summed E-state index contributed by atoms with van der Waals surface area (Å²) < 4.78 is 0. The molecular formula is C12H20O. The van der Waals surface area contributed by atoms with Gasteiger partial charge in [0, 0.05) is 0 Å². The third-order valence-corrected chi connectivity index (χ3v) is 2.04. The summed E-state index contributed by atoms with van der Waals surface area (Å²) in [5.74, 6) is 0.448. The van der Waals surface area contributed by atoms with Crippen molar-refractivity contribution in [2.75, 3.05) is 0 Å². The summed E-state index contributed by atoms with van der Waals surface area (Å²) in [5, 5.41) is 9.52. The number of phenols is 1. The molecule has 0 spiro atoms. The quantitative estimate of drug-likeness (QED) is 0.752. The topological polar surface area (TPSA) is 20.2 Å². The van der Waals surface area contributed by atoms with Crippen molar-refractivity contribution in [1.82, 2.24) is 0 Å². The van der Waals surface area contributed by atoms with Gasteiger partial charge >= 0.3 is 0 Å². The number of aromatic hydroxyl groups is 1. The van der Waals surface area contributed by atoms with Gasteiger partial charge < -0.3 is 5.11 Å². The van der Waals surface area contributed by atoms with E-state index < -0.39 is 0 Å². The molecule has 1 nitrogen and oxygen atoms in total. The summed E-state index contributed by atoms with van der Waals surface area (Å²) >= 11 is 0. The van der Waals surface area contributed by atoms with Gasteiger partial charge in [-0.05, 0) is 37.0 Å². The normalized spacial score (nSPS) is 9.38. The molecule has 0 bridgehead atoms. The Morgan fingerprint density at radius 3 is 2.54 bits per heavy atom. The Bertz CT molecular complexity index is 253. The molecule has 0 aliphatic rings. The van der Waals surface area contributed by atoms with Crippen LogP contribution in [-0.2, 0) is 6.42 Å². The summed E-state index contributed by atoms with van der Waals surface area (Å²) in [4.78, 5) is 0. The van der Waals surface area contributed by atoms with Crippen LogP contribution in [0.5, 0.6) is 5.75 Å². The Balaban J connectivity index is 0.00000144. The number of unbranched alkanes of at least 4 members (excludes halogenated alkanes) is 1. The molecule has 0 radical (unpaired) electrons. The Morgan fingerprint density at radius 2 is 2.00 bits per heavy atom. The van der Waals surface area contributed by atoms with Crippen molar-refractivity contribution in [3.63, 3.8) is 0 Å². The van der Waals surface area contributed by atoms with Crippen LogP contribution in [0.3, 0.4) is 0 Å². The second-order valence-corrected chi connectivity index (χ2v) is 3.24. The number of hydrogen-bond donors (Lipinski definition) is 1.